The minimum absolute atomic E-state index is 0.109. The average molecular weight is 373 g/mol. The molecule has 6 heteroatoms. The van der Waals surface area contributed by atoms with Crippen molar-refractivity contribution in [2.45, 2.75) is 13.0 Å². The van der Waals surface area contributed by atoms with E-state index in [-0.39, 0.29) is 5.56 Å². The molecule has 0 unspecified atom stereocenters. The highest BCUT2D eigenvalue weighted by atomic mass is 35.5. The van der Waals surface area contributed by atoms with Gasteiger partial charge >= 0.3 is 0 Å². The highest BCUT2D eigenvalue weighted by Gasteiger charge is 2.22. The van der Waals surface area contributed by atoms with Crippen LogP contribution in [-0.2, 0) is 6.54 Å². The highest BCUT2D eigenvalue weighted by Crippen LogP contribution is 2.31. The van der Waals surface area contributed by atoms with Gasteiger partial charge < -0.3 is 4.74 Å². The number of nitrogens with zero attached hydrogens (tertiary/aromatic N) is 2. The summed E-state index contributed by atoms with van der Waals surface area (Å²) >= 11 is 12.3. The molecule has 4 rings (SSSR count). The molecular formula is C19H14Cl2N2O2. The quantitative estimate of drug-likeness (QED) is 0.657. The monoisotopic (exact) mass is 372 g/mol. The van der Waals surface area contributed by atoms with E-state index < -0.39 is 0 Å². The topological polar surface area (TPSA) is 44.1 Å². The lowest BCUT2D eigenvalue weighted by Gasteiger charge is -2.07. The molecule has 126 valence electrons. The summed E-state index contributed by atoms with van der Waals surface area (Å²) in [6, 6.07) is 11.0. The van der Waals surface area contributed by atoms with E-state index in [1.165, 1.54) is 0 Å². The fraction of sp³-hybridized carbons (Fsp3) is 0.158. The van der Waals surface area contributed by atoms with Crippen molar-refractivity contribution in [3.8, 4) is 5.75 Å². The summed E-state index contributed by atoms with van der Waals surface area (Å²) in [5.41, 5.74) is 2.42. The van der Waals surface area contributed by atoms with Gasteiger partial charge in [-0.15, -0.1) is 0 Å². The molecule has 2 heterocycles. The number of fused-ring (bicyclic) bond motifs is 2. The zero-order valence-electron chi connectivity index (χ0n) is 13.4. The molecule has 0 fully saturated rings. The second-order valence-electron chi connectivity index (χ2n) is 5.87. The number of benzene rings is 2. The molecule has 3 aromatic rings. The van der Waals surface area contributed by atoms with Crippen LogP contribution < -0.4 is 10.3 Å². The minimum Gasteiger partial charge on any atom is -0.497 e. The number of hydrogen-bond donors (Lipinski definition) is 0. The SMILES string of the molecule is COc1ccc(/C=C2\CCn3c2nc2c(Cl)cc(Cl)cc2c3=O)cc1. The van der Waals surface area contributed by atoms with Gasteiger partial charge in [0.15, 0.2) is 0 Å². The van der Waals surface area contributed by atoms with Crippen molar-refractivity contribution in [1.29, 1.82) is 0 Å². The predicted molar refractivity (Wildman–Crippen MR) is 102 cm³/mol. The Hall–Kier alpha value is -2.30. The van der Waals surface area contributed by atoms with Crippen molar-refractivity contribution in [2.75, 3.05) is 7.11 Å². The van der Waals surface area contributed by atoms with Crippen molar-refractivity contribution in [2.24, 2.45) is 0 Å². The molecule has 0 aliphatic carbocycles. The lowest BCUT2D eigenvalue weighted by atomic mass is 10.1. The van der Waals surface area contributed by atoms with E-state index in [2.05, 4.69) is 4.98 Å². The Bertz CT molecular complexity index is 1070. The number of allylic oxidation sites excluding steroid dienone is 1. The van der Waals surface area contributed by atoms with Crippen LogP contribution in [0, 0.1) is 0 Å². The maximum absolute atomic E-state index is 12.8. The third kappa shape index (κ3) is 2.81. The normalized spacial score (nSPS) is 14.9. The van der Waals surface area contributed by atoms with Crippen LogP contribution in [0.5, 0.6) is 5.75 Å². The van der Waals surface area contributed by atoms with E-state index in [1.54, 1.807) is 23.8 Å². The van der Waals surface area contributed by atoms with Gasteiger partial charge in [0.25, 0.3) is 5.56 Å². The summed E-state index contributed by atoms with van der Waals surface area (Å²) < 4.78 is 6.86. The molecule has 0 saturated carbocycles. The van der Waals surface area contributed by atoms with Gasteiger partial charge in [-0.1, -0.05) is 35.3 Å². The number of aromatic nitrogens is 2. The summed E-state index contributed by atoms with van der Waals surface area (Å²) in [4.78, 5) is 17.4. The molecule has 0 amide bonds. The van der Waals surface area contributed by atoms with Crippen LogP contribution in [-0.4, -0.2) is 16.7 Å². The highest BCUT2D eigenvalue weighted by molar-refractivity contribution is 6.38. The first kappa shape index (κ1) is 16.2. The Morgan fingerprint density at radius 2 is 1.96 bits per heavy atom. The largest absolute Gasteiger partial charge is 0.497 e. The molecule has 0 N–H and O–H groups in total. The van der Waals surface area contributed by atoms with E-state index in [0.29, 0.717) is 33.3 Å². The van der Waals surface area contributed by atoms with Crippen molar-refractivity contribution in [1.82, 2.24) is 9.55 Å². The van der Waals surface area contributed by atoms with Crippen LogP contribution in [0.25, 0.3) is 22.6 Å². The van der Waals surface area contributed by atoms with Crippen molar-refractivity contribution < 1.29 is 4.74 Å². The zero-order chi connectivity index (χ0) is 17.6. The molecule has 0 spiro atoms. The molecular weight excluding hydrogens is 359 g/mol. The lowest BCUT2D eigenvalue weighted by Crippen LogP contribution is -2.20. The number of hydrogen-bond acceptors (Lipinski definition) is 3. The molecule has 1 aromatic heterocycles. The Labute approximate surface area is 154 Å². The predicted octanol–water partition coefficient (Wildman–Crippen LogP) is 4.66. The summed E-state index contributed by atoms with van der Waals surface area (Å²) in [6.45, 7) is 0.600. The third-order valence-electron chi connectivity index (χ3n) is 4.33. The maximum Gasteiger partial charge on any atom is 0.261 e. The van der Waals surface area contributed by atoms with E-state index in [0.717, 1.165) is 23.3 Å². The second kappa shape index (κ2) is 6.21. The zero-order valence-corrected chi connectivity index (χ0v) is 14.9. The average Bonchev–Trinajstić information content (AvgIpc) is 3.00. The van der Waals surface area contributed by atoms with Gasteiger partial charge in [-0.2, -0.15) is 0 Å². The van der Waals surface area contributed by atoms with Gasteiger partial charge in [-0.3, -0.25) is 9.36 Å². The van der Waals surface area contributed by atoms with Gasteiger partial charge in [0.05, 0.1) is 23.0 Å². The van der Waals surface area contributed by atoms with Crippen molar-refractivity contribution in [3.63, 3.8) is 0 Å². The van der Waals surface area contributed by atoms with E-state index in [4.69, 9.17) is 27.9 Å². The van der Waals surface area contributed by atoms with Crippen LogP contribution in [0.15, 0.2) is 41.2 Å². The summed E-state index contributed by atoms with van der Waals surface area (Å²) in [5.74, 6) is 1.47. The molecule has 2 aromatic carbocycles. The fourth-order valence-electron chi connectivity index (χ4n) is 3.09. The molecule has 0 radical (unpaired) electrons. The summed E-state index contributed by atoms with van der Waals surface area (Å²) in [5, 5.41) is 1.27. The number of halogens is 2. The molecule has 0 bridgehead atoms. The second-order valence-corrected chi connectivity index (χ2v) is 6.71. The van der Waals surface area contributed by atoms with Crippen LogP contribution >= 0.6 is 23.2 Å². The van der Waals surface area contributed by atoms with Gasteiger partial charge in [-0.25, -0.2) is 4.98 Å². The molecule has 1 aliphatic rings. The fourth-order valence-corrected chi connectivity index (χ4v) is 3.62. The smallest absolute Gasteiger partial charge is 0.261 e. The van der Waals surface area contributed by atoms with Crippen LogP contribution in [0.2, 0.25) is 10.0 Å². The van der Waals surface area contributed by atoms with E-state index in [9.17, 15) is 4.79 Å². The summed E-state index contributed by atoms with van der Waals surface area (Å²) in [7, 11) is 1.64. The van der Waals surface area contributed by atoms with Crippen molar-refractivity contribution >= 4 is 45.8 Å². The molecule has 0 atom stereocenters. The summed E-state index contributed by atoms with van der Waals surface area (Å²) in [6.07, 6.45) is 2.79. The van der Waals surface area contributed by atoms with E-state index >= 15 is 0 Å². The Morgan fingerprint density at radius 1 is 1.20 bits per heavy atom. The van der Waals surface area contributed by atoms with Gasteiger partial charge in [0.1, 0.15) is 11.6 Å². The van der Waals surface area contributed by atoms with Gasteiger partial charge in [0, 0.05) is 11.6 Å². The van der Waals surface area contributed by atoms with Crippen LogP contribution in [0.1, 0.15) is 17.8 Å². The third-order valence-corrected chi connectivity index (χ3v) is 4.83. The van der Waals surface area contributed by atoms with Crippen molar-refractivity contribution in [3.05, 3.63) is 68.2 Å². The first-order valence-corrected chi connectivity index (χ1v) is 8.57. The first-order valence-electron chi connectivity index (χ1n) is 7.81. The molecule has 0 saturated heterocycles. The molecule has 1 aliphatic heterocycles. The van der Waals surface area contributed by atoms with E-state index in [1.807, 2.05) is 30.3 Å². The minimum atomic E-state index is -0.109. The number of methoxy groups -OCH3 is 1. The Morgan fingerprint density at radius 3 is 2.68 bits per heavy atom. The maximum atomic E-state index is 12.8. The Balaban J connectivity index is 1.87. The first-order chi connectivity index (χ1) is 12.1. The van der Waals surface area contributed by atoms with Crippen LogP contribution in [0.3, 0.4) is 0 Å². The Kier molecular flexibility index (Phi) is 4.02. The molecule has 25 heavy (non-hydrogen) atoms. The lowest BCUT2D eigenvalue weighted by molar-refractivity contribution is 0.415. The molecule has 4 nitrogen and oxygen atoms in total. The number of rotatable bonds is 2. The van der Waals surface area contributed by atoms with Gasteiger partial charge in [-0.05, 0) is 47.9 Å². The standard InChI is InChI=1S/C19H14Cl2N2O2/c1-25-14-4-2-11(3-5-14)8-12-6-7-23-18(12)22-17-15(19(23)24)9-13(20)10-16(17)21/h2-5,8-10H,6-7H2,1H3/b12-8+. The van der Waals surface area contributed by atoms with Gasteiger partial charge in [0.2, 0.25) is 0 Å². The number of ether oxygens (including phenoxy) is 1. The van der Waals surface area contributed by atoms with Crippen LogP contribution in [0.4, 0.5) is 0 Å².